The van der Waals surface area contributed by atoms with Crippen LogP contribution < -0.4 is 10.1 Å². The third-order valence-corrected chi connectivity index (χ3v) is 2.87. The first-order valence-corrected chi connectivity index (χ1v) is 6.12. The quantitative estimate of drug-likeness (QED) is 0.907. The molecule has 0 fully saturated rings. The number of aromatic nitrogens is 1. The largest absolute Gasteiger partial charge is 0.481 e. The Hall–Kier alpha value is -2.45. The fourth-order valence-electron chi connectivity index (χ4n) is 1.88. The Morgan fingerprint density at radius 2 is 2.00 bits per heavy atom. The molecule has 0 saturated heterocycles. The second kappa shape index (κ2) is 6.64. The molecule has 1 aromatic carbocycles. The van der Waals surface area contributed by atoms with Gasteiger partial charge in [-0.1, -0.05) is 18.2 Å². The van der Waals surface area contributed by atoms with E-state index in [9.17, 15) is 4.39 Å². The summed E-state index contributed by atoms with van der Waals surface area (Å²) in [4.78, 5) is 4.09. The molecule has 1 N–H and O–H groups in total. The number of benzene rings is 1. The topological polar surface area (TPSA) is 57.9 Å². The molecule has 0 aliphatic heterocycles. The van der Waals surface area contributed by atoms with Crippen molar-refractivity contribution in [1.82, 2.24) is 10.3 Å². The fourth-order valence-corrected chi connectivity index (χ4v) is 1.88. The van der Waals surface area contributed by atoms with Crippen molar-refractivity contribution in [3.63, 3.8) is 0 Å². The smallest absolute Gasteiger partial charge is 0.217 e. The van der Waals surface area contributed by atoms with E-state index in [1.165, 1.54) is 6.07 Å². The van der Waals surface area contributed by atoms with Gasteiger partial charge in [-0.15, -0.1) is 0 Å². The standard InChI is InChI=1S/C15H14FN3O/c1-20-15-13(6-3-7-19-15)10-18-9-12-5-2-4-11(8-17)14(12)16/h2-7,18H,9-10H2,1H3. The lowest BCUT2D eigenvalue weighted by Crippen LogP contribution is -2.15. The number of nitriles is 1. The SMILES string of the molecule is COc1ncccc1CNCc1cccc(C#N)c1F. The van der Waals surface area contributed by atoms with Crippen molar-refractivity contribution in [2.45, 2.75) is 13.1 Å². The van der Waals surface area contributed by atoms with Gasteiger partial charge in [0.15, 0.2) is 0 Å². The molecule has 0 radical (unpaired) electrons. The number of ether oxygens (including phenoxy) is 1. The van der Waals surface area contributed by atoms with Gasteiger partial charge in [-0.25, -0.2) is 9.37 Å². The lowest BCUT2D eigenvalue weighted by atomic mass is 10.1. The summed E-state index contributed by atoms with van der Waals surface area (Å²) in [5, 5.41) is 11.9. The number of rotatable bonds is 5. The summed E-state index contributed by atoms with van der Waals surface area (Å²) in [7, 11) is 1.56. The molecule has 0 aliphatic carbocycles. The first kappa shape index (κ1) is 14.0. The highest BCUT2D eigenvalue weighted by Gasteiger charge is 2.08. The lowest BCUT2D eigenvalue weighted by molar-refractivity contribution is 0.390. The highest BCUT2D eigenvalue weighted by atomic mass is 19.1. The lowest BCUT2D eigenvalue weighted by Gasteiger charge is -2.09. The van der Waals surface area contributed by atoms with E-state index < -0.39 is 5.82 Å². The molecule has 1 aromatic heterocycles. The maximum Gasteiger partial charge on any atom is 0.217 e. The number of nitrogens with one attached hydrogen (secondary N) is 1. The van der Waals surface area contributed by atoms with Crippen molar-refractivity contribution in [1.29, 1.82) is 5.26 Å². The Morgan fingerprint density at radius 3 is 2.75 bits per heavy atom. The summed E-state index contributed by atoms with van der Waals surface area (Å²) in [6, 6.07) is 10.3. The van der Waals surface area contributed by atoms with E-state index in [-0.39, 0.29) is 5.56 Å². The van der Waals surface area contributed by atoms with Crippen molar-refractivity contribution in [2.75, 3.05) is 7.11 Å². The van der Waals surface area contributed by atoms with Gasteiger partial charge in [-0.2, -0.15) is 5.26 Å². The molecular formula is C15H14FN3O. The third-order valence-electron chi connectivity index (χ3n) is 2.87. The molecular weight excluding hydrogens is 257 g/mol. The monoisotopic (exact) mass is 271 g/mol. The second-order valence-corrected chi connectivity index (χ2v) is 4.17. The van der Waals surface area contributed by atoms with E-state index in [2.05, 4.69) is 10.3 Å². The van der Waals surface area contributed by atoms with Crippen LogP contribution >= 0.6 is 0 Å². The molecule has 0 atom stereocenters. The van der Waals surface area contributed by atoms with Crippen molar-refractivity contribution >= 4 is 0 Å². The summed E-state index contributed by atoms with van der Waals surface area (Å²) in [6.45, 7) is 0.840. The maximum atomic E-state index is 13.8. The van der Waals surface area contributed by atoms with Gasteiger partial charge in [0, 0.05) is 30.4 Å². The van der Waals surface area contributed by atoms with Crippen LogP contribution in [0.5, 0.6) is 5.88 Å². The summed E-state index contributed by atoms with van der Waals surface area (Å²) in [5.41, 5.74) is 1.42. The van der Waals surface area contributed by atoms with Crippen molar-refractivity contribution in [3.8, 4) is 11.9 Å². The molecule has 1 heterocycles. The van der Waals surface area contributed by atoms with Crippen LogP contribution in [0.2, 0.25) is 0 Å². The average molecular weight is 271 g/mol. The van der Waals surface area contributed by atoms with Gasteiger partial charge in [0.05, 0.1) is 12.7 Å². The summed E-state index contributed by atoms with van der Waals surface area (Å²) >= 11 is 0. The third kappa shape index (κ3) is 3.11. The van der Waals surface area contributed by atoms with E-state index >= 15 is 0 Å². The minimum absolute atomic E-state index is 0.0586. The molecule has 0 aliphatic rings. The number of pyridine rings is 1. The zero-order valence-corrected chi connectivity index (χ0v) is 11.1. The number of hydrogen-bond donors (Lipinski definition) is 1. The molecule has 2 rings (SSSR count). The summed E-state index contributed by atoms with van der Waals surface area (Å²) in [6.07, 6.45) is 1.65. The Kier molecular flexibility index (Phi) is 4.64. The van der Waals surface area contributed by atoms with Crippen LogP contribution in [0, 0.1) is 17.1 Å². The van der Waals surface area contributed by atoms with Crippen LogP contribution in [0.25, 0.3) is 0 Å². The van der Waals surface area contributed by atoms with E-state index in [1.807, 2.05) is 18.2 Å². The summed E-state index contributed by atoms with van der Waals surface area (Å²) < 4.78 is 19.0. The van der Waals surface area contributed by atoms with Gasteiger partial charge < -0.3 is 10.1 Å². The first-order valence-electron chi connectivity index (χ1n) is 6.12. The molecule has 2 aromatic rings. The number of methoxy groups -OCH3 is 1. The van der Waals surface area contributed by atoms with Crippen LogP contribution in [-0.2, 0) is 13.1 Å². The van der Waals surface area contributed by atoms with E-state index in [1.54, 1.807) is 25.4 Å². The van der Waals surface area contributed by atoms with Gasteiger partial charge in [0.1, 0.15) is 11.9 Å². The van der Waals surface area contributed by atoms with Gasteiger partial charge in [0.25, 0.3) is 0 Å². The number of halogens is 1. The zero-order valence-electron chi connectivity index (χ0n) is 11.1. The number of nitrogens with zero attached hydrogens (tertiary/aromatic N) is 2. The Labute approximate surface area is 116 Å². The fraction of sp³-hybridized carbons (Fsp3) is 0.200. The molecule has 4 nitrogen and oxygen atoms in total. The molecule has 0 spiro atoms. The molecule has 5 heteroatoms. The molecule has 0 unspecified atom stereocenters. The number of hydrogen-bond acceptors (Lipinski definition) is 4. The van der Waals surface area contributed by atoms with Crippen LogP contribution in [0.3, 0.4) is 0 Å². The zero-order chi connectivity index (χ0) is 14.4. The molecule has 0 bridgehead atoms. The van der Waals surface area contributed by atoms with Gasteiger partial charge in [-0.05, 0) is 12.1 Å². The van der Waals surface area contributed by atoms with Gasteiger partial charge >= 0.3 is 0 Å². The second-order valence-electron chi connectivity index (χ2n) is 4.17. The van der Waals surface area contributed by atoms with Crippen molar-refractivity contribution < 1.29 is 9.13 Å². The predicted molar refractivity (Wildman–Crippen MR) is 72.4 cm³/mol. The van der Waals surface area contributed by atoms with Crippen LogP contribution in [0.4, 0.5) is 4.39 Å². The minimum atomic E-state index is -0.472. The predicted octanol–water partition coefficient (Wildman–Crippen LogP) is 2.39. The Bertz CT molecular complexity index is 637. The highest BCUT2D eigenvalue weighted by Crippen LogP contribution is 2.15. The Morgan fingerprint density at radius 1 is 1.25 bits per heavy atom. The van der Waals surface area contributed by atoms with E-state index in [0.717, 1.165) is 5.56 Å². The average Bonchev–Trinajstić information content (AvgIpc) is 2.49. The van der Waals surface area contributed by atoms with Gasteiger partial charge in [-0.3, -0.25) is 0 Å². The van der Waals surface area contributed by atoms with Gasteiger partial charge in [0.2, 0.25) is 5.88 Å². The maximum absolute atomic E-state index is 13.8. The van der Waals surface area contributed by atoms with Crippen LogP contribution in [0.15, 0.2) is 36.5 Å². The van der Waals surface area contributed by atoms with Crippen LogP contribution in [-0.4, -0.2) is 12.1 Å². The van der Waals surface area contributed by atoms with Crippen LogP contribution in [0.1, 0.15) is 16.7 Å². The normalized spacial score (nSPS) is 10.1. The minimum Gasteiger partial charge on any atom is -0.481 e. The molecule has 20 heavy (non-hydrogen) atoms. The first-order chi connectivity index (χ1) is 9.76. The van der Waals surface area contributed by atoms with E-state index in [0.29, 0.717) is 24.5 Å². The van der Waals surface area contributed by atoms with Crippen molar-refractivity contribution in [2.24, 2.45) is 0 Å². The molecule has 0 amide bonds. The van der Waals surface area contributed by atoms with E-state index in [4.69, 9.17) is 10.00 Å². The van der Waals surface area contributed by atoms with Crippen molar-refractivity contribution in [3.05, 3.63) is 59.0 Å². The summed E-state index contributed by atoms with van der Waals surface area (Å²) in [5.74, 6) is 0.0758. The highest BCUT2D eigenvalue weighted by molar-refractivity contribution is 5.35. The molecule has 0 saturated carbocycles. The molecule has 102 valence electrons. The Balaban J connectivity index is 2.02.